The van der Waals surface area contributed by atoms with Gasteiger partial charge in [0.1, 0.15) is 11.8 Å². The molecule has 110 valence electrons. The Hall–Kier alpha value is -2.09. The molecule has 0 aromatic carbocycles. The number of aryl methyl sites for hydroxylation is 1. The lowest BCUT2D eigenvalue weighted by Crippen LogP contribution is -2.04. The highest BCUT2D eigenvalue weighted by Crippen LogP contribution is 2.30. The number of hydrogen-bond donors (Lipinski definition) is 0. The van der Waals surface area contributed by atoms with Gasteiger partial charge >= 0.3 is 0 Å². The Balaban J connectivity index is 1.81. The summed E-state index contributed by atoms with van der Waals surface area (Å²) in [5.74, 6) is 1.75. The van der Waals surface area contributed by atoms with E-state index >= 15 is 0 Å². The molecule has 0 saturated heterocycles. The lowest BCUT2D eigenvalue weighted by molar-refractivity contribution is 0.392. The van der Waals surface area contributed by atoms with Gasteiger partial charge in [-0.2, -0.15) is 10.2 Å². The minimum Gasteiger partial charge on any atom is -0.345 e. The van der Waals surface area contributed by atoms with E-state index in [4.69, 9.17) is 9.78 Å². The molecule has 2 aromatic heterocycles. The first-order valence-electron chi connectivity index (χ1n) is 7.68. The quantitative estimate of drug-likeness (QED) is 0.841. The zero-order valence-corrected chi connectivity index (χ0v) is 12.4. The van der Waals surface area contributed by atoms with Gasteiger partial charge in [-0.25, -0.2) is 0 Å². The van der Waals surface area contributed by atoms with Gasteiger partial charge in [-0.1, -0.05) is 37.3 Å². The van der Waals surface area contributed by atoms with Crippen molar-refractivity contribution in [2.24, 2.45) is 7.05 Å². The fourth-order valence-electron chi connectivity index (χ4n) is 3.06. The Morgan fingerprint density at radius 2 is 1.95 bits per heavy atom. The molecule has 0 radical (unpaired) electrons. The second-order valence-electron chi connectivity index (χ2n) is 5.84. The maximum Gasteiger partial charge on any atom is 0.274 e. The van der Waals surface area contributed by atoms with Gasteiger partial charge in [-0.05, 0) is 18.9 Å². The molecule has 1 saturated carbocycles. The Bertz CT molecular complexity index is 642. The average molecular weight is 284 g/mol. The fourth-order valence-corrected chi connectivity index (χ4v) is 3.06. The second-order valence-corrected chi connectivity index (χ2v) is 5.84. The van der Waals surface area contributed by atoms with Gasteiger partial charge in [-0.3, -0.25) is 0 Å². The van der Waals surface area contributed by atoms with Gasteiger partial charge < -0.3 is 9.09 Å². The van der Waals surface area contributed by atoms with E-state index in [1.165, 1.54) is 32.1 Å². The van der Waals surface area contributed by atoms with Crippen LogP contribution in [0.25, 0.3) is 11.6 Å². The van der Waals surface area contributed by atoms with Crippen LogP contribution in [0.4, 0.5) is 0 Å². The van der Waals surface area contributed by atoms with Crippen LogP contribution in [0.15, 0.2) is 16.8 Å². The predicted molar refractivity (Wildman–Crippen MR) is 78.5 cm³/mol. The first-order chi connectivity index (χ1) is 10.3. The van der Waals surface area contributed by atoms with Crippen molar-refractivity contribution in [1.82, 2.24) is 14.7 Å². The zero-order valence-electron chi connectivity index (χ0n) is 12.4. The third-order valence-electron chi connectivity index (χ3n) is 4.27. The number of rotatable bonds is 2. The number of hydrogen-bond acceptors (Lipinski definition) is 4. The number of aromatic nitrogens is 3. The monoisotopic (exact) mass is 284 g/mol. The molecule has 1 aliphatic carbocycles. The number of nitriles is 1. The van der Waals surface area contributed by atoms with E-state index < -0.39 is 0 Å². The van der Waals surface area contributed by atoms with Crippen LogP contribution in [-0.2, 0) is 7.05 Å². The molecule has 1 aliphatic rings. The summed E-state index contributed by atoms with van der Waals surface area (Å²) >= 11 is 0. The van der Waals surface area contributed by atoms with Gasteiger partial charge in [-0.15, -0.1) is 0 Å². The van der Waals surface area contributed by atoms with E-state index in [2.05, 4.69) is 16.2 Å². The van der Waals surface area contributed by atoms with Crippen molar-refractivity contribution < 1.29 is 4.52 Å². The molecule has 5 nitrogen and oxygen atoms in total. The molecule has 0 bridgehead atoms. The molecule has 0 aliphatic heterocycles. The minimum atomic E-state index is 0.415. The topological polar surface area (TPSA) is 67.6 Å². The summed E-state index contributed by atoms with van der Waals surface area (Å²) in [4.78, 5) is 4.58. The molecule has 0 unspecified atom stereocenters. The number of nitrogens with zero attached hydrogens (tertiary/aromatic N) is 4. The Kier molecular flexibility index (Phi) is 4.05. The Morgan fingerprint density at radius 3 is 2.62 bits per heavy atom. The van der Waals surface area contributed by atoms with Crippen LogP contribution in [0, 0.1) is 11.3 Å². The van der Waals surface area contributed by atoms with Crippen molar-refractivity contribution in [3.63, 3.8) is 0 Å². The maximum atomic E-state index is 8.96. The highest BCUT2D eigenvalue weighted by molar-refractivity contribution is 5.52. The molecule has 0 spiro atoms. The summed E-state index contributed by atoms with van der Waals surface area (Å²) in [6.07, 6.45) is 10.5. The van der Waals surface area contributed by atoms with Crippen LogP contribution in [0.1, 0.15) is 62.3 Å². The first kappa shape index (κ1) is 13.9. The van der Waals surface area contributed by atoms with Crippen LogP contribution in [0.2, 0.25) is 0 Å². The summed E-state index contributed by atoms with van der Waals surface area (Å²) in [6.45, 7) is 0. The second kappa shape index (κ2) is 6.13. The van der Waals surface area contributed by atoms with E-state index in [0.717, 1.165) is 24.4 Å². The van der Waals surface area contributed by atoms with Gasteiger partial charge in [0.2, 0.25) is 0 Å². The molecule has 0 N–H and O–H groups in total. The van der Waals surface area contributed by atoms with Crippen LogP contribution in [0.3, 0.4) is 0 Å². The smallest absolute Gasteiger partial charge is 0.274 e. The maximum absolute atomic E-state index is 8.96. The summed E-state index contributed by atoms with van der Waals surface area (Å²) in [5.41, 5.74) is 1.41. The normalized spacial score (nSPS) is 17.1. The molecule has 1 fully saturated rings. The van der Waals surface area contributed by atoms with Gasteiger partial charge in [0.15, 0.2) is 5.82 Å². The summed E-state index contributed by atoms with van der Waals surface area (Å²) in [5, 5.41) is 13.1. The Morgan fingerprint density at radius 1 is 1.24 bits per heavy atom. The average Bonchev–Trinajstić information content (AvgIpc) is 3.04. The third kappa shape index (κ3) is 2.99. The minimum absolute atomic E-state index is 0.415. The summed E-state index contributed by atoms with van der Waals surface area (Å²) in [6, 6.07) is 3.92. The van der Waals surface area contributed by atoms with Gasteiger partial charge in [0, 0.05) is 19.2 Å². The van der Waals surface area contributed by atoms with Crippen LogP contribution < -0.4 is 0 Å². The van der Waals surface area contributed by atoms with Gasteiger partial charge in [0.05, 0.1) is 5.56 Å². The van der Waals surface area contributed by atoms with Crippen molar-refractivity contribution in [2.45, 2.75) is 50.9 Å². The molecule has 5 heteroatoms. The van der Waals surface area contributed by atoms with Crippen LogP contribution in [-0.4, -0.2) is 14.7 Å². The van der Waals surface area contributed by atoms with E-state index in [-0.39, 0.29) is 0 Å². The van der Waals surface area contributed by atoms with E-state index in [9.17, 15) is 0 Å². The molecule has 2 heterocycles. The van der Waals surface area contributed by atoms with Crippen LogP contribution >= 0.6 is 0 Å². The van der Waals surface area contributed by atoms with Crippen molar-refractivity contribution in [3.8, 4) is 17.7 Å². The molecular formula is C16H20N4O. The van der Waals surface area contributed by atoms with Crippen LogP contribution in [0.5, 0.6) is 0 Å². The standard InChI is InChI=1S/C16H20N4O/c1-20-11-12(10-17)9-14(20)16-18-15(19-21-16)13-7-5-3-2-4-6-8-13/h9,11,13H,2-8H2,1H3. The highest BCUT2D eigenvalue weighted by Gasteiger charge is 2.21. The predicted octanol–water partition coefficient (Wildman–Crippen LogP) is 3.77. The van der Waals surface area contributed by atoms with Crippen molar-refractivity contribution >= 4 is 0 Å². The van der Waals surface area contributed by atoms with E-state index in [1.54, 1.807) is 12.3 Å². The summed E-state index contributed by atoms with van der Waals surface area (Å²) in [7, 11) is 1.88. The van der Waals surface area contributed by atoms with E-state index in [1.807, 2.05) is 11.6 Å². The van der Waals surface area contributed by atoms with Crippen molar-refractivity contribution in [3.05, 3.63) is 23.7 Å². The fraction of sp³-hybridized carbons (Fsp3) is 0.562. The van der Waals surface area contributed by atoms with Crippen molar-refractivity contribution in [2.75, 3.05) is 0 Å². The zero-order chi connectivity index (χ0) is 14.7. The highest BCUT2D eigenvalue weighted by atomic mass is 16.5. The first-order valence-corrected chi connectivity index (χ1v) is 7.68. The summed E-state index contributed by atoms with van der Waals surface area (Å²) < 4.78 is 7.28. The lowest BCUT2D eigenvalue weighted by atomic mass is 9.91. The SMILES string of the molecule is Cn1cc(C#N)cc1-c1nc(C2CCCCCCC2)no1. The lowest BCUT2D eigenvalue weighted by Gasteiger charge is -2.15. The molecule has 2 aromatic rings. The molecule has 21 heavy (non-hydrogen) atoms. The van der Waals surface area contributed by atoms with Crippen molar-refractivity contribution in [1.29, 1.82) is 5.26 Å². The third-order valence-corrected chi connectivity index (χ3v) is 4.27. The largest absolute Gasteiger partial charge is 0.345 e. The molecule has 0 atom stereocenters. The van der Waals surface area contributed by atoms with E-state index in [0.29, 0.717) is 17.4 Å². The molecular weight excluding hydrogens is 264 g/mol. The molecule has 0 amide bonds. The Labute approximate surface area is 124 Å². The molecule has 3 rings (SSSR count). The van der Waals surface area contributed by atoms with Gasteiger partial charge in [0.25, 0.3) is 5.89 Å².